The number of aliphatic carboxylic acids is 1. The van der Waals surface area contributed by atoms with E-state index in [9.17, 15) is 14.7 Å². The highest BCUT2D eigenvalue weighted by molar-refractivity contribution is 5.77. The molecule has 0 saturated heterocycles. The molecule has 0 aromatic heterocycles. The van der Waals surface area contributed by atoms with Gasteiger partial charge >= 0.3 is 5.97 Å². The summed E-state index contributed by atoms with van der Waals surface area (Å²) >= 11 is 0. The number of rotatable bonds is 9. The molecule has 3 N–H and O–H groups in total. The molecule has 11 atom stereocenters. The molecule has 0 radical (unpaired) electrons. The van der Waals surface area contributed by atoms with Crippen LogP contribution < -0.4 is 5.32 Å². The van der Waals surface area contributed by atoms with E-state index in [1.54, 1.807) is 5.57 Å². The molecule has 5 nitrogen and oxygen atoms in total. The Morgan fingerprint density at radius 2 is 1.51 bits per heavy atom. The summed E-state index contributed by atoms with van der Waals surface area (Å²) in [7, 11) is 0. The van der Waals surface area contributed by atoms with Gasteiger partial charge in [0.15, 0.2) is 0 Å². The number of unbranched alkanes of at least 4 members (excludes halogenated alkanes) is 4. The molecule has 0 spiro atoms. The van der Waals surface area contributed by atoms with E-state index in [0.29, 0.717) is 30.1 Å². The molecule has 43 heavy (non-hydrogen) atoms. The zero-order chi connectivity index (χ0) is 31.4. The number of aliphatic hydroxyl groups is 1. The predicted octanol–water partition coefficient (Wildman–Crippen LogP) is 8.69. The van der Waals surface area contributed by atoms with Gasteiger partial charge in [-0.15, -0.1) is 0 Å². The molecule has 0 aliphatic heterocycles. The third-order valence-corrected chi connectivity index (χ3v) is 15.2. The molecule has 244 valence electrons. The number of carbonyl (C=O) groups is 2. The lowest BCUT2D eigenvalue weighted by molar-refractivity contribution is -0.193. The second-order valence-corrected chi connectivity index (χ2v) is 17.3. The van der Waals surface area contributed by atoms with Crippen molar-refractivity contribution in [3.63, 3.8) is 0 Å². The van der Waals surface area contributed by atoms with E-state index in [0.717, 1.165) is 63.2 Å². The van der Waals surface area contributed by atoms with E-state index in [1.165, 1.54) is 32.1 Å². The number of carboxylic acids is 1. The van der Waals surface area contributed by atoms with Gasteiger partial charge in [-0.05, 0) is 129 Å². The highest BCUT2D eigenvalue weighted by Crippen LogP contribution is 2.75. The van der Waals surface area contributed by atoms with Crippen LogP contribution in [0.5, 0.6) is 0 Å². The Kier molecular flexibility index (Phi) is 9.04. The highest BCUT2D eigenvalue weighted by atomic mass is 16.4. The summed E-state index contributed by atoms with van der Waals surface area (Å²) in [5.41, 5.74) is 2.18. The van der Waals surface area contributed by atoms with Gasteiger partial charge in [0.05, 0.1) is 11.6 Å². The van der Waals surface area contributed by atoms with Crippen molar-refractivity contribution in [2.75, 3.05) is 0 Å². The van der Waals surface area contributed by atoms with Gasteiger partial charge in [0.1, 0.15) is 0 Å². The first-order valence-corrected chi connectivity index (χ1v) is 18.0. The zero-order valence-electron chi connectivity index (χ0n) is 28.6. The van der Waals surface area contributed by atoms with Crippen LogP contribution in [-0.2, 0) is 9.59 Å². The van der Waals surface area contributed by atoms with Gasteiger partial charge in [-0.3, -0.25) is 9.59 Å². The fourth-order valence-electron chi connectivity index (χ4n) is 12.2. The van der Waals surface area contributed by atoms with E-state index in [2.05, 4.69) is 59.9 Å². The summed E-state index contributed by atoms with van der Waals surface area (Å²) in [5, 5.41) is 23.7. The number of carbonyl (C=O) groups excluding carboxylic acids is 1. The molecular formula is C38H63NO4. The SMILES string of the molecule is C[C@H]1[C@H](C)CC[C@]2(C)CC[C@]3(C)C(=CC[C@@H]4[C@@]5(C)CC[C@@H](O)[C@](C)(NC(=O)CCCCCCCC(=O)O)[C@@H]5CC[C@]43C)[C@H]12. The van der Waals surface area contributed by atoms with Crippen molar-refractivity contribution in [3.05, 3.63) is 11.6 Å². The number of hydrogen-bond donors (Lipinski definition) is 3. The smallest absolute Gasteiger partial charge is 0.303 e. The van der Waals surface area contributed by atoms with Gasteiger partial charge in [0, 0.05) is 12.8 Å². The minimum atomic E-state index is -0.734. The number of fused-ring (bicyclic) bond motifs is 7. The molecule has 0 unspecified atom stereocenters. The van der Waals surface area contributed by atoms with Crippen LogP contribution in [0.3, 0.4) is 0 Å². The molecule has 5 aliphatic rings. The molecule has 4 fully saturated rings. The summed E-state index contributed by atoms with van der Waals surface area (Å²) in [4.78, 5) is 24.0. The molecule has 4 saturated carbocycles. The summed E-state index contributed by atoms with van der Waals surface area (Å²) in [6.07, 6.45) is 17.8. The van der Waals surface area contributed by atoms with Crippen molar-refractivity contribution < 1.29 is 19.8 Å². The number of hydrogen-bond acceptors (Lipinski definition) is 3. The molecule has 0 bridgehead atoms. The van der Waals surface area contributed by atoms with E-state index in [4.69, 9.17) is 5.11 Å². The predicted molar refractivity (Wildman–Crippen MR) is 173 cm³/mol. The monoisotopic (exact) mass is 597 g/mol. The summed E-state index contributed by atoms with van der Waals surface area (Å²) in [5.74, 6) is 2.39. The van der Waals surface area contributed by atoms with E-state index >= 15 is 0 Å². The van der Waals surface area contributed by atoms with Crippen molar-refractivity contribution in [2.24, 2.45) is 51.2 Å². The number of carboxylic acid groups (broad SMARTS) is 1. The normalized spacial score (nSPS) is 47.3. The van der Waals surface area contributed by atoms with Crippen molar-refractivity contribution in [1.82, 2.24) is 5.32 Å². The highest BCUT2D eigenvalue weighted by Gasteiger charge is 2.68. The van der Waals surface area contributed by atoms with Crippen LogP contribution in [0.2, 0.25) is 0 Å². The summed E-state index contributed by atoms with van der Waals surface area (Å²) in [6, 6.07) is 0. The van der Waals surface area contributed by atoms with Crippen molar-refractivity contribution >= 4 is 11.9 Å². The number of aliphatic hydroxyl groups excluding tert-OH is 1. The van der Waals surface area contributed by atoms with Gasteiger partial charge in [-0.2, -0.15) is 0 Å². The Bertz CT molecular complexity index is 1100. The lowest BCUT2D eigenvalue weighted by atomic mass is 9.34. The Balaban J connectivity index is 1.33. The number of nitrogens with one attached hydrogen (secondary N) is 1. The lowest BCUT2D eigenvalue weighted by Crippen LogP contribution is -2.71. The minimum absolute atomic E-state index is 0.0643. The molecule has 5 aliphatic carbocycles. The molecule has 0 aromatic carbocycles. The average molecular weight is 598 g/mol. The topological polar surface area (TPSA) is 86.6 Å². The quantitative estimate of drug-likeness (QED) is 0.183. The van der Waals surface area contributed by atoms with Crippen molar-refractivity contribution in [1.29, 1.82) is 0 Å². The van der Waals surface area contributed by atoms with Crippen molar-refractivity contribution in [3.8, 4) is 0 Å². The molecule has 5 heteroatoms. The lowest BCUT2D eigenvalue weighted by Gasteiger charge is -2.71. The van der Waals surface area contributed by atoms with Gasteiger partial charge < -0.3 is 15.5 Å². The van der Waals surface area contributed by atoms with E-state index < -0.39 is 17.6 Å². The molecule has 0 aromatic rings. The maximum absolute atomic E-state index is 13.3. The summed E-state index contributed by atoms with van der Waals surface area (Å²) in [6.45, 7) is 17.6. The molecule has 1 amide bonds. The number of allylic oxidation sites excluding steroid dienone is 2. The van der Waals surface area contributed by atoms with E-state index in [1.807, 2.05) is 0 Å². The Hall–Kier alpha value is -1.36. The fourth-order valence-corrected chi connectivity index (χ4v) is 12.2. The first-order valence-electron chi connectivity index (χ1n) is 18.0. The van der Waals surface area contributed by atoms with Crippen LogP contribution >= 0.6 is 0 Å². The maximum atomic E-state index is 13.3. The molecule has 0 heterocycles. The van der Waals surface area contributed by atoms with Crippen LogP contribution in [0.25, 0.3) is 0 Å². The van der Waals surface area contributed by atoms with Gasteiger partial charge in [0.25, 0.3) is 0 Å². The third-order valence-electron chi connectivity index (χ3n) is 15.2. The molecule has 5 rings (SSSR count). The van der Waals surface area contributed by atoms with Gasteiger partial charge in [-0.25, -0.2) is 0 Å². The second kappa shape index (κ2) is 11.8. The van der Waals surface area contributed by atoms with Gasteiger partial charge in [-0.1, -0.05) is 72.5 Å². The van der Waals surface area contributed by atoms with Crippen molar-refractivity contribution in [2.45, 2.75) is 163 Å². The first kappa shape index (κ1) is 33.0. The Morgan fingerprint density at radius 3 is 2.21 bits per heavy atom. The van der Waals surface area contributed by atoms with Crippen LogP contribution in [-0.4, -0.2) is 33.7 Å². The van der Waals surface area contributed by atoms with Crippen LogP contribution in [0.4, 0.5) is 0 Å². The van der Waals surface area contributed by atoms with Crippen LogP contribution in [0.15, 0.2) is 11.6 Å². The Labute approximate surface area is 262 Å². The minimum Gasteiger partial charge on any atom is -0.481 e. The van der Waals surface area contributed by atoms with Gasteiger partial charge in [0.2, 0.25) is 5.91 Å². The largest absolute Gasteiger partial charge is 0.481 e. The zero-order valence-corrected chi connectivity index (χ0v) is 28.6. The van der Waals surface area contributed by atoms with Crippen LogP contribution in [0.1, 0.15) is 151 Å². The van der Waals surface area contributed by atoms with Crippen LogP contribution in [0, 0.1) is 51.2 Å². The fraction of sp³-hybridized carbons (Fsp3) is 0.895. The Morgan fingerprint density at radius 1 is 0.837 bits per heavy atom. The number of amides is 1. The third kappa shape index (κ3) is 5.34. The average Bonchev–Trinajstić information content (AvgIpc) is 2.93. The maximum Gasteiger partial charge on any atom is 0.303 e. The second-order valence-electron chi connectivity index (χ2n) is 17.3. The first-order chi connectivity index (χ1) is 20.1. The summed E-state index contributed by atoms with van der Waals surface area (Å²) < 4.78 is 0. The molecular weight excluding hydrogens is 534 g/mol. The standard InChI is InChI=1S/C38H63NO4/c1-25-17-20-34(3)23-24-36(5)27(33(34)26(25)2)15-16-28-35(4)21-19-30(40)38(7,29(35)18-22-37(28,36)6)39-31(41)13-11-9-8-10-12-14-32(42)43/h15,25-26,28-30,33,40H,8-14,16-24H2,1-7H3,(H,39,41)(H,42,43)/t25-,26+,28-,29-,30-,33+,34-,35-,36-,37-,38-/m1/s1. The van der Waals surface area contributed by atoms with E-state index in [-0.39, 0.29) is 34.5 Å².